The first-order valence-electron chi connectivity index (χ1n) is 6.96. The van der Waals surface area contributed by atoms with Gasteiger partial charge in [-0.05, 0) is 33.6 Å². The Balaban J connectivity index is 2.36. The van der Waals surface area contributed by atoms with Crippen LogP contribution in [0.3, 0.4) is 0 Å². The molecule has 0 saturated carbocycles. The molecule has 0 aliphatic carbocycles. The number of rotatable bonds is 4. The van der Waals surface area contributed by atoms with E-state index in [2.05, 4.69) is 26.1 Å². The minimum atomic E-state index is -0.322. The fourth-order valence-electron chi connectivity index (χ4n) is 2.87. The summed E-state index contributed by atoms with van der Waals surface area (Å²) in [7, 11) is 0. The van der Waals surface area contributed by atoms with Gasteiger partial charge in [0.25, 0.3) is 0 Å². The summed E-state index contributed by atoms with van der Waals surface area (Å²) < 4.78 is 14.3. The summed E-state index contributed by atoms with van der Waals surface area (Å²) in [6.45, 7) is 7.80. The lowest BCUT2D eigenvalue weighted by Gasteiger charge is -2.43. The molecule has 5 heteroatoms. The van der Waals surface area contributed by atoms with Crippen molar-refractivity contribution in [3.8, 4) is 0 Å². The summed E-state index contributed by atoms with van der Waals surface area (Å²) in [4.78, 5) is 2.33. The summed E-state index contributed by atoms with van der Waals surface area (Å²) in [5, 5.41) is 13.1. The van der Waals surface area contributed by atoms with E-state index in [9.17, 15) is 9.50 Å². The third-order valence-corrected chi connectivity index (χ3v) is 4.57. The van der Waals surface area contributed by atoms with Gasteiger partial charge in [0, 0.05) is 44.2 Å². The summed E-state index contributed by atoms with van der Waals surface area (Å²) in [6, 6.07) is 5.27. The Hall–Kier alpha value is -0.490. The number of aliphatic hydroxyl groups excluding tert-OH is 1. The van der Waals surface area contributed by atoms with E-state index in [0.717, 1.165) is 31.7 Å². The number of nitrogens with zero attached hydrogens (tertiary/aromatic N) is 1. The third-order valence-electron chi connectivity index (χ3n) is 3.92. The van der Waals surface area contributed by atoms with E-state index in [-0.39, 0.29) is 23.9 Å². The molecular weight excluding hydrogens is 323 g/mol. The molecule has 1 aromatic carbocycles. The number of nitrogens with one attached hydrogen (secondary N) is 1. The second-order valence-corrected chi connectivity index (χ2v) is 6.86. The minimum absolute atomic E-state index is 0.0113. The number of aliphatic hydroxyl groups is 1. The zero-order chi connectivity index (χ0) is 14.8. The average Bonchev–Trinajstić information content (AvgIpc) is 2.44. The molecule has 0 unspecified atom stereocenters. The van der Waals surface area contributed by atoms with Crippen molar-refractivity contribution in [2.24, 2.45) is 5.41 Å². The van der Waals surface area contributed by atoms with Gasteiger partial charge in [-0.3, -0.25) is 4.90 Å². The van der Waals surface area contributed by atoms with Gasteiger partial charge in [0.1, 0.15) is 5.82 Å². The normalized spacial score (nSPS) is 19.1. The lowest BCUT2D eigenvalue weighted by molar-refractivity contribution is 0.0304. The van der Waals surface area contributed by atoms with Crippen LogP contribution in [0.25, 0.3) is 0 Å². The molecule has 1 aliphatic rings. The van der Waals surface area contributed by atoms with Gasteiger partial charge in [-0.25, -0.2) is 4.39 Å². The summed E-state index contributed by atoms with van der Waals surface area (Å²) in [6.07, 6.45) is 0. The highest BCUT2D eigenvalue weighted by Crippen LogP contribution is 2.39. The summed E-state index contributed by atoms with van der Waals surface area (Å²) in [5.74, 6) is -0.253. The molecule has 0 spiro atoms. The number of benzene rings is 1. The first kappa shape index (κ1) is 15.9. The lowest BCUT2D eigenvalue weighted by atomic mass is 9.79. The van der Waals surface area contributed by atoms with Gasteiger partial charge in [-0.1, -0.05) is 19.9 Å². The summed E-state index contributed by atoms with van der Waals surface area (Å²) >= 11 is 3.19. The van der Waals surface area contributed by atoms with Crippen LogP contribution < -0.4 is 5.32 Å². The molecule has 1 aromatic rings. The fraction of sp³-hybridized carbons (Fsp3) is 0.600. The smallest absolute Gasteiger partial charge is 0.137 e. The molecule has 2 rings (SSSR count). The molecule has 112 valence electrons. The molecule has 1 heterocycles. The quantitative estimate of drug-likeness (QED) is 0.881. The van der Waals surface area contributed by atoms with E-state index < -0.39 is 0 Å². The predicted molar refractivity (Wildman–Crippen MR) is 82.2 cm³/mol. The first-order chi connectivity index (χ1) is 9.45. The van der Waals surface area contributed by atoms with Gasteiger partial charge in [-0.15, -0.1) is 0 Å². The first-order valence-corrected chi connectivity index (χ1v) is 7.75. The van der Waals surface area contributed by atoms with Crippen LogP contribution in [-0.4, -0.2) is 42.8 Å². The van der Waals surface area contributed by atoms with Crippen molar-refractivity contribution in [3.05, 3.63) is 34.1 Å². The molecule has 0 amide bonds. The highest BCUT2D eigenvalue weighted by atomic mass is 79.9. The van der Waals surface area contributed by atoms with Crippen LogP contribution in [0.4, 0.5) is 4.39 Å². The Kier molecular flexibility index (Phi) is 5.18. The van der Waals surface area contributed by atoms with Gasteiger partial charge in [0.15, 0.2) is 0 Å². The minimum Gasteiger partial charge on any atom is -0.396 e. The van der Waals surface area contributed by atoms with Crippen LogP contribution in [0, 0.1) is 11.2 Å². The molecule has 0 radical (unpaired) electrons. The molecule has 1 aliphatic heterocycles. The molecule has 1 fully saturated rings. The molecule has 20 heavy (non-hydrogen) atoms. The van der Waals surface area contributed by atoms with Crippen LogP contribution in [-0.2, 0) is 0 Å². The van der Waals surface area contributed by atoms with Crippen molar-refractivity contribution in [3.63, 3.8) is 0 Å². The standard InChI is InChI=1S/C15H22BrFN2O/c1-15(2,10-20)14(19-7-5-18-6-8-19)11-3-4-12(16)13(17)9-11/h3-4,9,14,18,20H,5-8,10H2,1-2H3/t14-/m0/s1. The Morgan fingerprint density at radius 3 is 2.60 bits per heavy atom. The van der Waals surface area contributed by atoms with Gasteiger partial charge in [-0.2, -0.15) is 0 Å². The van der Waals surface area contributed by atoms with E-state index in [1.54, 1.807) is 12.1 Å². The van der Waals surface area contributed by atoms with E-state index in [0.29, 0.717) is 4.47 Å². The van der Waals surface area contributed by atoms with Crippen molar-refractivity contribution in [1.82, 2.24) is 10.2 Å². The van der Waals surface area contributed by atoms with E-state index in [1.807, 2.05) is 19.9 Å². The van der Waals surface area contributed by atoms with Gasteiger partial charge >= 0.3 is 0 Å². The zero-order valence-corrected chi connectivity index (χ0v) is 13.6. The van der Waals surface area contributed by atoms with Crippen molar-refractivity contribution in [1.29, 1.82) is 0 Å². The molecule has 2 N–H and O–H groups in total. The van der Waals surface area contributed by atoms with Crippen molar-refractivity contribution in [2.45, 2.75) is 19.9 Å². The Labute approximate surface area is 128 Å². The maximum absolute atomic E-state index is 13.9. The number of piperazine rings is 1. The SMILES string of the molecule is CC(C)(CO)[C@H](c1ccc(Br)c(F)c1)N1CCNCC1. The molecule has 0 aromatic heterocycles. The average molecular weight is 345 g/mol. The van der Waals surface area contributed by atoms with E-state index >= 15 is 0 Å². The molecule has 3 nitrogen and oxygen atoms in total. The number of hydrogen-bond acceptors (Lipinski definition) is 3. The van der Waals surface area contributed by atoms with Gasteiger partial charge < -0.3 is 10.4 Å². The maximum atomic E-state index is 13.9. The Morgan fingerprint density at radius 2 is 2.05 bits per heavy atom. The van der Waals surface area contributed by atoms with Crippen LogP contribution in [0.5, 0.6) is 0 Å². The predicted octanol–water partition coefficient (Wildman–Crippen LogP) is 2.55. The highest BCUT2D eigenvalue weighted by Gasteiger charge is 2.35. The number of halogens is 2. The second-order valence-electron chi connectivity index (χ2n) is 6.01. The molecule has 1 atom stereocenters. The monoisotopic (exact) mass is 344 g/mol. The van der Waals surface area contributed by atoms with Crippen LogP contribution in [0.15, 0.2) is 22.7 Å². The Bertz CT molecular complexity index is 461. The van der Waals surface area contributed by atoms with Crippen molar-refractivity contribution < 1.29 is 9.50 Å². The second kappa shape index (κ2) is 6.52. The largest absolute Gasteiger partial charge is 0.396 e. The van der Waals surface area contributed by atoms with Gasteiger partial charge in [0.05, 0.1) is 4.47 Å². The Morgan fingerprint density at radius 1 is 1.40 bits per heavy atom. The highest BCUT2D eigenvalue weighted by molar-refractivity contribution is 9.10. The van der Waals surface area contributed by atoms with Crippen LogP contribution >= 0.6 is 15.9 Å². The van der Waals surface area contributed by atoms with Crippen LogP contribution in [0.1, 0.15) is 25.5 Å². The van der Waals surface area contributed by atoms with E-state index in [1.165, 1.54) is 0 Å². The number of hydrogen-bond donors (Lipinski definition) is 2. The molecule has 1 saturated heterocycles. The van der Waals surface area contributed by atoms with Gasteiger partial charge in [0.2, 0.25) is 0 Å². The summed E-state index contributed by atoms with van der Waals surface area (Å²) in [5.41, 5.74) is 0.601. The van der Waals surface area contributed by atoms with E-state index in [4.69, 9.17) is 0 Å². The van der Waals surface area contributed by atoms with Crippen LogP contribution in [0.2, 0.25) is 0 Å². The topological polar surface area (TPSA) is 35.5 Å². The molecular formula is C15H22BrFN2O. The maximum Gasteiger partial charge on any atom is 0.137 e. The molecule has 0 bridgehead atoms. The fourth-order valence-corrected chi connectivity index (χ4v) is 3.11. The third kappa shape index (κ3) is 3.39. The van der Waals surface area contributed by atoms with Crippen molar-refractivity contribution in [2.75, 3.05) is 32.8 Å². The lowest BCUT2D eigenvalue weighted by Crippen LogP contribution is -2.49. The van der Waals surface area contributed by atoms with Crippen molar-refractivity contribution >= 4 is 15.9 Å². The zero-order valence-electron chi connectivity index (χ0n) is 12.0.